The molecule has 0 fully saturated rings. The van der Waals surface area contributed by atoms with Gasteiger partial charge in [0, 0.05) is 11.3 Å². The monoisotopic (exact) mass is 293 g/mol. The lowest BCUT2D eigenvalue weighted by molar-refractivity contribution is 0.102. The van der Waals surface area contributed by atoms with Crippen molar-refractivity contribution in [1.29, 1.82) is 0 Å². The predicted octanol–water partition coefficient (Wildman–Crippen LogP) is 2.53. The summed E-state index contributed by atoms with van der Waals surface area (Å²) in [7, 11) is 0. The van der Waals surface area contributed by atoms with Gasteiger partial charge in [0.2, 0.25) is 0 Å². The maximum absolute atomic E-state index is 12.3. The Hall–Kier alpha value is -3.02. The first-order valence-electron chi connectivity index (χ1n) is 6.85. The standard InChI is InChI=1S/C16H15N5O/c1-11-4-3-5-13(8-11)16(22)18-14-7-6-12(2)15(9-14)21-10-17-19-20-21/h3-10H,1-2H3,(H,18,22). The van der Waals surface area contributed by atoms with E-state index in [1.165, 1.54) is 6.33 Å². The van der Waals surface area contributed by atoms with Gasteiger partial charge >= 0.3 is 0 Å². The highest BCUT2D eigenvalue weighted by molar-refractivity contribution is 6.04. The Bertz CT molecular complexity index is 811. The topological polar surface area (TPSA) is 72.7 Å². The second kappa shape index (κ2) is 5.77. The van der Waals surface area contributed by atoms with Crippen LogP contribution < -0.4 is 5.32 Å². The number of aryl methyl sites for hydroxylation is 2. The molecule has 110 valence electrons. The molecule has 22 heavy (non-hydrogen) atoms. The number of tetrazole rings is 1. The number of carbonyl (C=O) groups excluding carboxylic acids is 1. The molecule has 0 atom stereocenters. The highest BCUT2D eigenvalue weighted by Gasteiger charge is 2.09. The van der Waals surface area contributed by atoms with Gasteiger partial charge in [0.25, 0.3) is 5.91 Å². The fourth-order valence-electron chi connectivity index (χ4n) is 2.20. The van der Waals surface area contributed by atoms with Crippen LogP contribution in [-0.4, -0.2) is 26.1 Å². The van der Waals surface area contributed by atoms with Crippen molar-refractivity contribution in [1.82, 2.24) is 20.2 Å². The summed E-state index contributed by atoms with van der Waals surface area (Å²) in [6.07, 6.45) is 1.52. The molecule has 0 saturated carbocycles. The van der Waals surface area contributed by atoms with Crippen molar-refractivity contribution in [3.05, 3.63) is 65.5 Å². The lowest BCUT2D eigenvalue weighted by Gasteiger charge is -2.10. The smallest absolute Gasteiger partial charge is 0.255 e. The van der Waals surface area contributed by atoms with E-state index >= 15 is 0 Å². The zero-order valence-electron chi connectivity index (χ0n) is 12.3. The molecular formula is C16H15N5O. The average Bonchev–Trinajstić information content (AvgIpc) is 3.03. The summed E-state index contributed by atoms with van der Waals surface area (Å²) in [5, 5.41) is 14.0. The molecule has 0 saturated heterocycles. The molecule has 0 radical (unpaired) electrons. The second-order valence-corrected chi connectivity index (χ2v) is 5.08. The van der Waals surface area contributed by atoms with Crippen LogP contribution in [0.15, 0.2) is 48.8 Å². The summed E-state index contributed by atoms with van der Waals surface area (Å²) >= 11 is 0. The van der Waals surface area contributed by atoms with Crippen molar-refractivity contribution in [3.8, 4) is 5.69 Å². The maximum Gasteiger partial charge on any atom is 0.255 e. The van der Waals surface area contributed by atoms with Crippen LogP contribution in [0.25, 0.3) is 5.69 Å². The number of rotatable bonds is 3. The Labute approximate surface area is 127 Å². The quantitative estimate of drug-likeness (QED) is 0.805. The van der Waals surface area contributed by atoms with Crippen molar-refractivity contribution < 1.29 is 4.79 Å². The molecule has 3 rings (SSSR count). The number of benzene rings is 2. The number of anilines is 1. The van der Waals surface area contributed by atoms with E-state index in [9.17, 15) is 4.79 Å². The summed E-state index contributed by atoms with van der Waals surface area (Å²) in [6.45, 7) is 3.92. The third-order valence-electron chi connectivity index (χ3n) is 3.34. The van der Waals surface area contributed by atoms with Gasteiger partial charge in [0.15, 0.2) is 0 Å². The SMILES string of the molecule is Cc1cccc(C(=O)Nc2ccc(C)c(-n3cnnn3)c2)c1. The Morgan fingerprint density at radius 2 is 2.00 bits per heavy atom. The molecule has 0 spiro atoms. The molecule has 0 unspecified atom stereocenters. The molecule has 0 aliphatic rings. The molecule has 1 N–H and O–H groups in total. The van der Waals surface area contributed by atoms with Crippen molar-refractivity contribution in [2.75, 3.05) is 5.32 Å². The van der Waals surface area contributed by atoms with Gasteiger partial charge in [-0.15, -0.1) is 5.10 Å². The highest BCUT2D eigenvalue weighted by Crippen LogP contribution is 2.19. The lowest BCUT2D eigenvalue weighted by Crippen LogP contribution is -2.12. The van der Waals surface area contributed by atoms with E-state index in [0.29, 0.717) is 11.3 Å². The Morgan fingerprint density at radius 1 is 1.14 bits per heavy atom. The summed E-state index contributed by atoms with van der Waals surface area (Å²) < 4.78 is 1.57. The zero-order chi connectivity index (χ0) is 15.5. The van der Waals surface area contributed by atoms with E-state index < -0.39 is 0 Å². The van der Waals surface area contributed by atoms with Gasteiger partial charge in [-0.05, 0) is 54.1 Å². The normalized spacial score (nSPS) is 10.5. The molecule has 0 bridgehead atoms. The summed E-state index contributed by atoms with van der Waals surface area (Å²) in [4.78, 5) is 12.3. The molecule has 6 nitrogen and oxygen atoms in total. The van der Waals surface area contributed by atoms with Gasteiger partial charge in [-0.2, -0.15) is 0 Å². The van der Waals surface area contributed by atoms with Crippen molar-refractivity contribution >= 4 is 11.6 Å². The van der Waals surface area contributed by atoms with E-state index in [0.717, 1.165) is 16.8 Å². The number of nitrogens with zero attached hydrogens (tertiary/aromatic N) is 4. The minimum atomic E-state index is -0.143. The van der Waals surface area contributed by atoms with Crippen LogP contribution in [-0.2, 0) is 0 Å². The maximum atomic E-state index is 12.3. The molecule has 2 aromatic carbocycles. The van der Waals surface area contributed by atoms with Crippen molar-refractivity contribution in [2.24, 2.45) is 0 Å². The third kappa shape index (κ3) is 2.85. The number of amides is 1. The van der Waals surface area contributed by atoms with E-state index in [4.69, 9.17) is 0 Å². The molecule has 0 aliphatic heterocycles. The average molecular weight is 293 g/mol. The van der Waals surface area contributed by atoms with E-state index in [-0.39, 0.29) is 5.91 Å². The Balaban J connectivity index is 1.87. The van der Waals surface area contributed by atoms with Crippen LogP contribution in [0.3, 0.4) is 0 Å². The first kappa shape index (κ1) is 13.9. The number of hydrogen-bond acceptors (Lipinski definition) is 4. The second-order valence-electron chi connectivity index (χ2n) is 5.08. The van der Waals surface area contributed by atoms with Crippen molar-refractivity contribution in [3.63, 3.8) is 0 Å². The zero-order valence-corrected chi connectivity index (χ0v) is 12.3. The molecular weight excluding hydrogens is 278 g/mol. The van der Waals surface area contributed by atoms with Crippen LogP contribution in [0.5, 0.6) is 0 Å². The number of aromatic nitrogens is 4. The fraction of sp³-hybridized carbons (Fsp3) is 0.125. The number of nitrogens with one attached hydrogen (secondary N) is 1. The van der Waals surface area contributed by atoms with Crippen LogP contribution in [0, 0.1) is 13.8 Å². The molecule has 1 amide bonds. The predicted molar refractivity (Wildman–Crippen MR) is 83.0 cm³/mol. The van der Waals surface area contributed by atoms with Crippen LogP contribution in [0.4, 0.5) is 5.69 Å². The minimum Gasteiger partial charge on any atom is -0.322 e. The molecule has 1 heterocycles. The molecule has 0 aliphatic carbocycles. The van der Waals surface area contributed by atoms with Gasteiger partial charge in [-0.3, -0.25) is 4.79 Å². The van der Waals surface area contributed by atoms with E-state index in [1.807, 2.05) is 50.2 Å². The van der Waals surface area contributed by atoms with Crippen LogP contribution >= 0.6 is 0 Å². The highest BCUT2D eigenvalue weighted by atomic mass is 16.1. The van der Waals surface area contributed by atoms with Crippen molar-refractivity contribution in [2.45, 2.75) is 13.8 Å². The lowest BCUT2D eigenvalue weighted by atomic mass is 10.1. The first-order valence-corrected chi connectivity index (χ1v) is 6.85. The molecule has 1 aromatic heterocycles. The van der Waals surface area contributed by atoms with E-state index in [1.54, 1.807) is 10.7 Å². The summed E-state index contributed by atoms with van der Waals surface area (Å²) in [5.41, 5.74) is 4.21. The summed E-state index contributed by atoms with van der Waals surface area (Å²) in [6, 6.07) is 13.1. The van der Waals surface area contributed by atoms with Gasteiger partial charge in [0.05, 0.1) is 5.69 Å². The number of carbonyl (C=O) groups is 1. The van der Waals surface area contributed by atoms with Gasteiger partial charge in [-0.25, -0.2) is 4.68 Å². The summed E-state index contributed by atoms with van der Waals surface area (Å²) in [5.74, 6) is -0.143. The van der Waals surface area contributed by atoms with Gasteiger partial charge < -0.3 is 5.32 Å². The van der Waals surface area contributed by atoms with Gasteiger partial charge in [-0.1, -0.05) is 23.8 Å². The van der Waals surface area contributed by atoms with Crippen LogP contribution in [0.1, 0.15) is 21.5 Å². The number of hydrogen-bond donors (Lipinski definition) is 1. The molecule has 6 heteroatoms. The Kier molecular flexibility index (Phi) is 3.65. The molecule has 3 aromatic rings. The third-order valence-corrected chi connectivity index (χ3v) is 3.34. The van der Waals surface area contributed by atoms with E-state index in [2.05, 4.69) is 20.8 Å². The fourth-order valence-corrected chi connectivity index (χ4v) is 2.20. The Morgan fingerprint density at radius 3 is 2.73 bits per heavy atom. The first-order chi connectivity index (χ1) is 10.6. The van der Waals surface area contributed by atoms with Gasteiger partial charge in [0.1, 0.15) is 6.33 Å². The largest absolute Gasteiger partial charge is 0.322 e. The van der Waals surface area contributed by atoms with Crippen LogP contribution in [0.2, 0.25) is 0 Å². The minimum absolute atomic E-state index is 0.143.